The van der Waals surface area contributed by atoms with Crippen LogP contribution in [0.4, 0.5) is 17.1 Å². The van der Waals surface area contributed by atoms with Gasteiger partial charge in [-0.3, -0.25) is 19.6 Å². The first-order valence-electron chi connectivity index (χ1n) is 10.1. The van der Waals surface area contributed by atoms with Gasteiger partial charge >= 0.3 is 0 Å². The number of ether oxygens (including phenoxy) is 1. The number of thioether (sulfide) groups is 1. The summed E-state index contributed by atoms with van der Waals surface area (Å²) in [6.45, 7) is 0. The van der Waals surface area contributed by atoms with Gasteiger partial charge in [0.15, 0.2) is 5.58 Å². The van der Waals surface area contributed by atoms with Crippen molar-refractivity contribution in [3.05, 3.63) is 75.8 Å². The van der Waals surface area contributed by atoms with Crippen molar-refractivity contribution in [2.24, 2.45) is 0 Å². The first-order chi connectivity index (χ1) is 17.2. The summed E-state index contributed by atoms with van der Waals surface area (Å²) in [5, 5.41) is 13.6. The number of nitrogens with zero attached hydrogens (tertiary/aromatic N) is 2. The minimum absolute atomic E-state index is 0.0344. The molecule has 14 heteroatoms. The molecule has 186 valence electrons. The molecule has 36 heavy (non-hydrogen) atoms. The third-order valence-electron chi connectivity index (χ3n) is 4.75. The summed E-state index contributed by atoms with van der Waals surface area (Å²) in [5.74, 6) is -0.194. The zero-order chi connectivity index (χ0) is 25.9. The molecular weight excluding hydrogens is 532 g/mol. The van der Waals surface area contributed by atoms with Gasteiger partial charge in [0.2, 0.25) is 5.91 Å². The number of nitro groups is 1. The standard InChI is InChI=1S/C22H17ClN4O7S2/c1-33-19-5-3-2-4-16(19)26-36(31,32)14-7-9-20-17(11-14)25-22(34-20)35-12-21(28)24-13-6-8-15(23)18(10-13)27(29)30/h2-11,26H,12H2,1H3,(H,24,28). The van der Waals surface area contributed by atoms with E-state index in [0.717, 1.165) is 17.8 Å². The predicted molar refractivity (Wildman–Crippen MR) is 135 cm³/mol. The molecule has 0 saturated carbocycles. The summed E-state index contributed by atoms with van der Waals surface area (Å²) in [5.41, 5.74) is 0.795. The maximum absolute atomic E-state index is 12.9. The van der Waals surface area contributed by atoms with Crippen LogP contribution in [0.3, 0.4) is 0 Å². The van der Waals surface area contributed by atoms with Crippen LogP contribution < -0.4 is 14.8 Å². The number of halogens is 1. The Balaban J connectivity index is 1.44. The Hall–Kier alpha value is -3.81. The Labute approximate surface area is 214 Å². The molecule has 4 aromatic rings. The summed E-state index contributed by atoms with van der Waals surface area (Å²) in [6, 6.07) is 14.7. The summed E-state index contributed by atoms with van der Waals surface area (Å²) in [4.78, 5) is 26.8. The van der Waals surface area contributed by atoms with Gasteiger partial charge in [-0.2, -0.15) is 0 Å². The lowest BCUT2D eigenvalue weighted by molar-refractivity contribution is -0.384. The van der Waals surface area contributed by atoms with E-state index in [1.54, 1.807) is 24.3 Å². The largest absolute Gasteiger partial charge is 0.495 e. The molecule has 0 aliphatic heterocycles. The number of nitro benzene ring substituents is 1. The lowest BCUT2D eigenvalue weighted by atomic mass is 10.3. The number of methoxy groups -OCH3 is 1. The number of fused-ring (bicyclic) bond motifs is 1. The molecule has 0 spiro atoms. The van der Waals surface area contributed by atoms with Gasteiger partial charge in [-0.15, -0.1) is 0 Å². The third kappa shape index (κ3) is 5.70. The van der Waals surface area contributed by atoms with E-state index in [1.165, 1.54) is 37.4 Å². The lowest BCUT2D eigenvalue weighted by Gasteiger charge is -2.11. The van der Waals surface area contributed by atoms with Gasteiger partial charge in [-0.25, -0.2) is 13.4 Å². The SMILES string of the molecule is COc1ccccc1NS(=O)(=O)c1ccc2oc(SCC(=O)Nc3ccc(Cl)c([N+](=O)[O-])c3)nc2c1. The first-order valence-corrected chi connectivity index (χ1v) is 12.9. The molecule has 0 fully saturated rings. The van der Waals surface area contributed by atoms with E-state index in [2.05, 4.69) is 15.0 Å². The van der Waals surface area contributed by atoms with Crippen LogP contribution >= 0.6 is 23.4 Å². The van der Waals surface area contributed by atoms with Gasteiger partial charge in [0.1, 0.15) is 16.3 Å². The molecule has 4 rings (SSSR count). The van der Waals surface area contributed by atoms with E-state index in [0.29, 0.717) is 11.3 Å². The lowest BCUT2D eigenvalue weighted by Crippen LogP contribution is -2.14. The van der Waals surface area contributed by atoms with Crippen LogP contribution in [0.25, 0.3) is 11.1 Å². The molecule has 0 aliphatic carbocycles. The van der Waals surface area contributed by atoms with Crippen molar-refractivity contribution in [2.45, 2.75) is 10.1 Å². The highest BCUT2D eigenvalue weighted by atomic mass is 35.5. The minimum atomic E-state index is -3.94. The van der Waals surface area contributed by atoms with Crippen molar-refractivity contribution >= 4 is 67.5 Å². The van der Waals surface area contributed by atoms with E-state index < -0.39 is 20.9 Å². The van der Waals surface area contributed by atoms with Crippen molar-refractivity contribution in [1.29, 1.82) is 0 Å². The molecule has 0 radical (unpaired) electrons. The molecule has 0 unspecified atom stereocenters. The third-order valence-corrected chi connectivity index (χ3v) is 7.27. The zero-order valence-electron chi connectivity index (χ0n) is 18.4. The Morgan fingerprint density at radius 2 is 1.97 bits per heavy atom. The minimum Gasteiger partial charge on any atom is -0.495 e. The van der Waals surface area contributed by atoms with Crippen LogP contribution in [0.1, 0.15) is 0 Å². The number of hydrogen-bond donors (Lipinski definition) is 2. The fourth-order valence-electron chi connectivity index (χ4n) is 3.10. The zero-order valence-corrected chi connectivity index (χ0v) is 20.8. The second-order valence-corrected chi connectivity index (χ2v) is 10.2. The van der Waals surface area contributed by atoms with Crippen molar-refractivity contribution in [1.82, 2.24) is 4.98 Å². The van der Waals surface area contributed by atoms with Crippen molar-refractivity contribution in [3.8, 4) is 5.75 Å². The topological polar surface area (TPSA) is 154 Å². The number of rotatable bonds is 9. The Morgan fingerprint density at radius 3 is 2.72 bits per heavy atom. The summed E-state index contributed by atoms with van der Waals surface area (Å²) < 4.78 is 39.0. The highest BCUT2D eigenvalue weighted by Crippen LogP contribution is 2.30. The van der Waals surface area contributed by atoms with Crippen molar-refractivity contribution < 1.29 is 27.3 Å². The Bertz CT molecular complexity index is 1570. The normalized spacial score (nSPS) is 11.3. The van der Waals surface area contributed by atoms with Gasteiger partial charge < -0.3 is 14.5 Å². The number of nitrogens with one attached hydrogen (secondary N) is 2. The molecule has 0 aliphatic rings. The molecule has 0 saturated heterocycles. The second-order valence-electron chi connectivity index (χ2n) is 7.18. The number of carbonyl (C=O) groups is 1. The van der Waals surface area contributed by atoms with Gasteiger partial charge in [0.25, 0.3) is 20.9 Å². The Morgan fingerprint density at radius 1 is 1.19 bits per heavy atom. The molecule has 2 N–H and O–H groups in total. The summed E-state index contributed by atoms with van der Waals surface area (Å²) in [6.07, 6.45) is 0. The van der Waals surface area contributed by atoms with E-state index in [4.69, 9.17) is 20.8 Å². The molecule has 3 aromatic carbocycles. The maximum Gasteiger partial charge on any atom is 0.289 e. The quantitative estimate of drug-likeness (QED) is 0.168. The second kappa shape index (κ2) is 10.4. The number of anilines is 2. The fourth-order valence-corrected chi connectivity index (χ4v) is 5.02. The average molecular weight is 549 g/mol. The number of carbonyl (C=O) groups excluding carboxylic acids is 1. The van der Waals surface area contributed by atoms with Crippen LogP contribution in [0.2, 0.25) is 5.02 Å². The van der Waals surface area contributed by atoms with Crippen molar-refractivity contribution in [2.75, 3.05) is 22.9 Å². The number of para-hydroxylation sites is 2. The Kier molecular flexibility index (Phi) is 7.33. The van der Waals surface area contributed by atoms with Gasteiger partial charge in [-0.05, 0) is 42.5 Å². The smallest absolute Gasteiger partial charge is 0.289 e. The van der Waals surface area contributed by atoms with Crippen LogP contribution in [0.5, 0.6) is 5.75 Å². The number of sulfonamides is 1. The number of aromatic nitrogens is 1. The molecule has 1 amide bonds. The molecule has 1 aromatic heterocycles. The van der Waals surface area contributed by atoms with Gasteiger partial charge in [0, 0.05) is 11.8 Å². The van der Waals surface area contributed by atoms with Crippen LogP contribution in [-0.2, 0) is 14.8 Å². The fraction of sp³-hybridized carbons (Fsp3) is 0.0909. The number of benzene rings is 3. The first kappa shape index (κ1) is 25.3. The van der Waals surface area contributed by atoms with E-state index in [1.807, 2.05) is 0 Å². The van der Waals surface area contributed by atoms with E-state index in [-0.39, 0.29) is 43.5 Å². The van der Waals surface area contributed by atoms with E-state index >= 15 is 0 Å². The van der Waals surface area contributed by atoms with Gasteiger partial charge in [-0.1, -0.05) is 35.5 Å². The highest BCUT2D eigenvalue weighted by molar-refractivity contribution is 7.99. The number of amides is 1. The molecule has 1 heterocycles. The van der Waals surface area contributed by atoms with Crippen LogP contribution in [-0.4, -0.2) is 37.1 Å². The summed E-state index contributed by atoms with van der Waals surface area (Å²) in [7, 11) is -2.50. The number of hydrogen-bond acceptors (Lipinski definition) is 9. The highest BCUT2D eigenvalue weighted by Gasteiger charge is 2.19. The van der Waals surface area contributed by atoms with Crippen LogP contribution in [0.15, 0.2) is 75.2 Å². The summed E-state index contributed by atoms with van der Waals surface area (Å²) >= 11 is 6.75. The average Bonchev–Trinajstić information content (AvgIpc) is 3.26. The molecule has 0 bridgehead atoms. The number of oxazole rings is 1. The maximum atomic E-state index is 12.9. The monoisotopic (exact) mass is 548 g/mol. The van der Waals surface area contributed by atoms with Gasteiger partial charge in [0.05, 0.1) is 28.4 Å². The van der Waals surface area contributed by atoms with Crippen LogP contribution in [0, 0.1) is 10.1 Å². The molecule has 11 nitrogen and oxygen atoms in total. The predicted octanol–water partition coefficient (Wildman–Crippen LogP) is 4.93. The molecule has 0 atom stereocenters. The molecular formula is C22H17ClN4O7S2. The van der Waals surface area contributed by atoms with Crippen molar-refractivity contribution in [3.63, 3.8) is 0 Å². The van der Waals surface area contributed by atoms with E-state index in [9.17, 15) is 23.3 Å².